The molecule has 2 N–H and O–H groups in total. The molecule has 1 heterocycles. The molecule has 0 aliphatic carbocycles. The summed E-state index contributed by atoms with van der Waals surface area (Å²) >= 11 is 0. The van der Waals surface area contributed by atoms with Crippen LogP contribution in [0.5, 0.6) is 5.75 Å². The Morgan fingerprint density at radius 3 is 2.34 bits per heavy atom. The number of rotatable bonds is 10. The van der Waals surface area contributed by atoms with Crippen molar-refractivity contribution >= 4 is 28.9 Å². The molecule has 7 nitrogen and oxygen atoms in total. The van der Waals surface area contributed by atoms with E-state index >= 15 is 0 Å². The van der Waals surface area contributed by atoms with Crippen LogP contribution in [0.2, 0.25) is 0 Å². The summed E-state index contributed by atoms with van der Waals surface area (Å²) in [7, 11) is 0. The summed E-state index contributed by atoms with van der Waals surface area (Å²) in [5, 5.41) is 5.96. The molecule has 1 aliphatic heterocycles. The van der Waals surface area contributed by atoms with E-state index in [0.29, 0.717) is 24.4 Å². The number of benzene rings is 3. The van der Waals surface area contributed by atoms with Gasteiger partial charge in [-0.15, -0.1) is 0 Å². The van der Waals surface area contributed by atoms with Crippen molar-refractivity contribution in [3.8, 4) is 5.75 Å². The number of carbonyl (C=O) groups excluding carboxylic acids is 2. The summed E-state index contributed by atoms with van der Waals surface area (Å²) in [6.45, 7) is 4.00. The fourth-order valence-corrected chi connectivity index (χ4v) is 3.92. The molecular formula is C28H31N3O4. The monoisotopic (exact) mass is 473 g/mol. The minimum absolute atomic E-state index is 0.0820. The number of ether oxygens (including phenoxy) is 2. The molecule has 3 aromatic rings. The highest BCUT2D eigenvalue weighted by Gasteiger charge is 2.17. The lowest BCUT2D eigenvalue weighted by Crippen LogP contribution is -2.30. The van der Waals surface area contributed by atoms with Crippen molar-refractivity contribution in [2.45, 2.75) is 25.9 Å². The van der Waals surface area contributed by atoms with E-state index in [-0.39, 0.29) is 24.5 Å². The van der Waals surface area contributed by atoms with Crippen LogP contribution in [0.15, 0.2) is 78.9 Å². The highest BCUT2D eigenvalue weighted by molar-refractivity contribution is 6.06. The molecule has 35 heavy (non-hydrogen) atoms. The van der Waals surface area contributed by atoms with Crippen LogP contribution in [0.25, 0.3) is 0 Å². The molecular weight excluding hydrogens is 442 g/mol. The first-order valence-corrected chi connectivity index (χ1v) is 12.0. The Bertz CT molecular complexity index is 1100. The maximum absolute atomic E-state index is 12.9. The van der Waals surface area contributed by atoms with Gasteiger partial charge in [0.1, 0.15) is 12.4 Å². The largest absolute Gasteiger partial charge is 0.491 e. The molecule has 0 spiro atoms. The lowest BCUT2D eigenvalue weighted by molar-refractivity contribution is -0.114. The summed E-state index contributed by atoms with van der Waals surface area (Å²) < 4.78 is 11.3. The first-order chi connectivity index (χ1) is 17.1. The number of hydrogen-bond donors (Lipinski definition) is 2. The SMILES string of the molecule is CCN(C(=O)c1ccc(NC(=O)CNc2ccc(OCC3CCCO3)cc2)cc1)c1ccccc1. The van der Waals surface area contributed by atoms with Crippen LogP contribution in [0, 0.1) is 0 Å². The quantitative estimate of drug-likeness (QED) is 0.435. The topological polar surface area (TPSA) is 79.9 Å². The number of anilines is 3. The van der Waals surface area contributed by atoms with Crippen LogP contribution < -0.4 is 20.3 Å². The number of nitrogens with zero attached hydrogens (tertiary/aromatic N) is 1. The van der Waals surface area contributed by atoms with Crippen molar-refractivity contribution in [3.05, 3.63) is 84.4 Å². The highest BCUT2D eigenvalue weighted by Crippen LogP contribution is 2.20. The van der Waals surface area contributed by atoms with E-state index in [9.17, 15) is 9.59 Å². The fraction of sp³-hybridized carbons (Fsp3) is 0.286. The lowest BCUT2D eigenvalue weighted by atomic mass is 10.1. The minimum atomic E-state index is -0.178. The molecule has 1 fully saturated rings. The van der Waals surface area contributed by atoms with Gasteiger partial charge in [-0.2, -0.15) is 0 Å². The zero-order valence-corrected chi connectivity index (χ0v) is 19.9. The third-order valence-electron chi connectivity index (χ3n) is 5.81. The van der Waals surface area contributed by atoms with Crippen LogP contribution >= 0.6 is 0 Å². The first-order valence-electron chi connectivity index (χ1n) is 12.0. The zero-order chi connectivity index (χ0) is 24.5. The van der Waals surface area contributed by atoms with Gasteiger partial charge in [0.25, 0.3) is 5.91 Å². The lowest BCUT2D eigenvalue weighted by Gasteiger charge is -2.21. The highest BCUT2D eigenvalue weighted by atomic mass is 16.5. The molecule has 0 radical (unpaired) electrons. The maximum Gasteiger partial charge on any atom is 0.258 e. The van der Waals surface area contributed by atoms with Gasteiger partial charge < -0.3 is 25.0 Å². The Balaban J connectivity index is 1.24. The van der Waals surface area contributed by atoms with Gasteiger partial charge in [0.05, 0.1) is 12.6 Å². The number of carbonyl (C=O) groups is 2. The van der Waals surface area contributed by atoms with Crippen molar-refractivity contribution < 1.29 is 19.1 Å². The maximum atomic E-state index is 12.9. The normalized spacial score (nSPS) is 14.8. The molecule has 1 atom stereocenters. The van der Waals surface area contributed by atoms with Crippen molar-refractivity contribution in [2.75, 3.05) is 41.8 Å². The van der Waals surface area contributed by atoms with E-state index in [1.165, 1.54) is 0 Å². The Kier molecular flexibility index (Phi) is 8.35. The second-order valence-electron chi connectivity index (χ2n) is 8.33. The predicted octanol–water partition coefficient (Wildman–Crippen LogP) is 4.96. The van der Waals surface area contributed by atoms with Crippen molar-refractivity contribution in [3.63, 3.8) is 0 Å². The molecule has 7 heteroatoms. The standard InChI is InChI=1S/C28H31N3O4/c1-2-31(24-7-4-3-5-8-24)28(33)21-10-12-23(13-11-21)30-27(32)19-29-22-14-16-25(17-15-22)35-20-26-9-6-18-34-26/h3-5,7-8,10-17,26,29H,2,6,9,18-20H2,1H3,(H,30,32). The van der Waals surface area contributed by atoms with Crippen LogP contribution in [-0.2, 0) is 9.53 Å². The second-order valence-corrected chi connectivity index (χ2v) is 8.33. The number of para-hydroxylation sites is 1. The fourth-order valence-electron chi connectivity index (χ4n) is 3.92. The molecule has 0 aromatic heterocycles. The van der Waals surface area contributed by atoms with Gasteiger partial charge in [-0.3, -0.25) is 9.59 Å². The average Bonchev–Trinajstić information content (AvgIpc) is 3.42. The smallest absolute Gasteiger partial charge is 0.258 e. The summed E-state index contributed by atoms with van der Waals surface area (Å²) in [4.78, 5) is 27.0. The average molecular weight is 474 g/mol. The molecule has 2 amide bonds. The van der Waals surface area contributed by atoms with Crippen LogP contribution in [-0.4, -0.2) is 44.2 Å². The molecule has 0 saturated carbocycles. The summed E-state index contributed by atoms with van der Waals surface area (Å²) in [5.41, 5.74) is 2.87. The molecule has 0 bridgehead atoms. The summed E-state index contributed by atoms with van der Waals surface area (Å²) in [6.07, 6.45) is 2.31. The number of hydrogen-bond acceptors (Lipinski definition) is 5. The summed E-state index contributed by atoms with van der Waals surface area (Å²) in [6, 6.07) is 24.0. The van der Waals surface area contributed by atoms with E-state index in [4.69, 9.17) is 9.47 Å². The number of amides is 2. The van der Waals surface area contributed by atoms with Gasteiger partial charge in [0.2, 0.25) is 5.91 Å². The molecule has 1 unspecified atom stereocenters. The molecule has 4 rings (SSSR count). The molecule has 1 aliphatic rings. The first kappa shape index (κ1) is 24.3. The molecule has 182 valence electrons. The van der Waals surface area contributed by atoms with E-state index in [1.54, 1.807) is 29.2 Å². The van der Waals surface area contributed by atoms with Gasteiger partial charge in [0.15, 0.2) is 0 Å². The number of nitrogens with one attached hydrogen (secondary N) is 2. The van der Waals surface area contributed by atoms with Gasteiger partial charge in [0, 0.05) is 35.8 Å². The van der Waals surface area contributed by atoms with Crippen molar-refractivity contribution in [2.24, 2.45) is 0 Å². The zero-order valence-electron chi connectivity index (χ0n) is 19.9. The third-order valence-corrected chi connectivity index (χ3v) is 5.81. The Labute approximate surface area is 206 Å². The van der Waals surface area contributed by atoms with Gasteiger partial charge in [-0.1, -0.05) is 18.2 Å². The van der Waals surface area contributed by atoms with E-state index in [0.717, 1.165) is 36.6 Å². The predicted molar refractivity (Wildman–Crippen MR) is 138 cm³/mol. The van der Waals surface area contributed by atoms with E-state index in [2.05, 4.69) is 10.6 Å². The van der Waals surface area contributed by atoms with E-state index < -0.39 is 0 Å². The van der Waals surface area contributed by atoms with Gasteiger partial charge in [-0.25, -0.2) is 0 Å². The summed E-state index contributed by atoms with van der Waals surface area (Å²) in [5.74, 6) is 0.516. The van der Waals surface area contributed by atoms with Gasteiger partial charge in [-0.05, 0) is 80.4 Å². The van der Waals surface area contributed by atoms with Crippen molar-refractivity contribution in [1.82, 2.24) is 0 Å². The molecule has 3 aromatic carbocycles. The van der Waals surface area contributed by atoms with Gasteiger partial charge >= 0.3 is 0 Å². The van der Waals surface area contributed by atoms with Crippen LogP contribution in [0.1, 0.15) is 30.1 Å². The Hall–Kier alpha value is -3.84. The second kappa shape index (κ2) is 12.0. The van der Waals surface area contributed by atoms with Crippen LogP contribution in [0.4, 0.5) is 17.1 Å². The Morgan fingerprint density at radius 2 is 1.69 bits per heavy atom. The Morgan fingerprint density at radius 1 is 0.971 bits per heavy atom. The third kappa shape index (κ3) is 6.83. The molecule has 1 saturated heterocycles. The van der Waals surface area contributed by atoms with E-state index in [1.807, 2.05) is 61.5 Å². The van der Waals surface area contributed by atoms with Crippen molar-refractivity contribution in [1.29, 1.82) is 0 Å². The minimum Gasteiger partial charge on any atom is -0.491 e. The van der Waals surface area contributed by atoms with Crippen LogP contribution in [0.3, 0.4) is 0 Å².